The van der Waals surface area contributed by atoms with Crippen molar-refractivity contribution in [1.29, 1.82) is 0 Å². The molecule has 0 aliphatic heterocycles. The summed E-state index contributed by atoms with van der Waals surface area (Å²) in [6, 6.07) is 12.6. The number of hydrazine groups is 1. The molecule has 1 aromatic heterocycles. The van der Waals surface area contributed by atoms with Gasteiger partial charge in [0.1, 0.15) is 17.8 Å². The van der Waals surface area contributed by atoms with Crippen molar-refractivity contribution in [2.24, 2.45) is 0 Å². The summed E-state index contributed by atoms with van der Waals surface area (Å²) in [6.45, 7) is 4.02. The van der Waals surface area contributed by atoms with Gasteiger partial charge in [-0.15, -0.1) is 0 Å². The van der Waals surface area contributed by atoms with E-state index in [1.54, 1.807) is 24.3 Å². The summed E-state index contributed by atoms with van der Waals surface area (Å²) in [5, 5.41) is 0. The van der Waals surface area contributed by atoms with E-state index in [-0.39, 0.29) is 23.3 Å². The zero-order valence-electron chi connectivity index (χ0n) is 14.8. The molecular formula is C19H18BrN5O2. The van der Waals surface area contributed by atoms with Crippen LogP contribution >= 0.6 is 15.9 Å². The fourth-order valence-corrected chi connectivity index (χ4v) is 2.50. The Morgan fingerprint density at radius 3 is 2.52 bits per heavy atom. The van der Waals surface area contributed by atoms with Crippen LogP contribution in [0.1, 0.15) is 21.5 Å². The van der Waals surface area contributed by atoms with Gasteiger partial charge >= 0.3 is 0 Å². The predicted octanol–water partition coefficient (Wildman–Crippen LogP) is 3.99. The van der Waals surface area contributed by atoms with Crippen LogP contribution in [-0.4, -0.2) is 15.9 Å². The maximum absolute atomic E-state index is 12.2. The van der Waals surface area contributed by atoms with Crippen molar-refractivity contribution in [2.45, 2.75) is 13.8 Å². The number of carbonyl (C=O) groups is 1. The fraction of sp³-hybridized carbons (Fsp3) is 0.105. The molecule has 0 unspecified atom stereocenters. The normalized spacial score (nSPS) is 10.3. The predicted molar refractivity (Wildman–Crippen MR) is 108 cm³/mol. The average molecular weight is 428 g/mol. The molecule has 0 radical (unpaired) electrons. The molecule has 3 aromatic rings. The molecule has 8 heteroatoms. The van der Waals surface area contributed by atoms with Crippen molar-refractivity contribution in [1.82, 2.24) is 15.4 Å². The number of nitrogen functional groups attached to an aromatic ring is 1. The van der Waals surface area contributed by atoms with Crippen molar-refractivity contribution in [3.63, 3.8) is 0 Å². The quantitative estimate of drug-likeness (QED) is 0.532. The van der Waals surface area contributed by atoms with Crippen LogP contribution in [0, 0.1) is 13.8 Å². The van der Waals surface area contributed by atoms with Gasteiger partial charge in [0.15, 0.2) is 5.82 Å². The molecule has 0 fully saturated rings. The number of amides is 1. The summed E-state index contributed by atoms with van der Waals surface area (Å²) < 4.78 is 6.65. The summed E-state index contributed by atoms with van der Waals surface area (Å²) in [5.74, 6) is 0.744. The van der Waals surface area contributed by atoms with Crippen molar-refractivity contribution in [3.8, 4) is 11.6 Å². The number of aromatic nitrogens is 2. The van der Waals surface area contributed by atoms with E-state index in [4.69, 9.17) is 10.5 Å². The Morgan fingerprint density at radius 1 is 1.07 bits per heavy atom. The molecule has 0 bridgehead atoms. The Morgan fingerprint density at radius 2 is 1.81 bits per heavy atom. The fourth-order valence-electron chi connectivity index (χ4n) is 2.24. The third-order valence-corrected chi connectivity index (χ3v) is 4.47. The largest absolute Gasteiger partial charge is 0.437 e. The van der Waals surface area contributed by atoms with Gasteiger partial charge in [0.25, 0.3) is 5.91 Å². The molecule has 0 spiro atoms. The second-order valence-electron chi connectivity index (χ2n) is 5.88. The first-order chi connectivity index (χ1) is 12.9. The second kappa shape index (κ2) is 8.05. The Balaban J connectivity index is 1.71. The van der Waals surface area contributed by atoms with Gasteiger partial charge in [-0.05, 0) is 61.4 Å². The first-order valence-corrected chi connectivity index (χ1v) is 8.91. The second-order valence-corrected chi connectivity index (χ2v) is 6.79. The van der Waals surface area contributed by atoms with Crippen LogP contribution in [0.2, 0.25) is 0 Å². The van der Waals surface area contributed by atoms with Crippen LogP contribution in [0.4, 0.5) is 11.5 Å². The summed E-state index contributed by atoms with van der Waals surface area (Å²) in [7, 11) is 0. The van der Waals surface area contributed by atoms with E-state index in [1.165, 1.54) is 6.33 Å². The summed E-state index contributed by atoms with van der Waals surface area (Å²) >= 11 is 3.33. The molecule has 1 heterocycles. The van der Waals surface area contributed by atoms with E-state index < -0.39 is 0 Å². The lowest BCUT2D eigenvalue weighted by molar-refractivity contribution is 0.0962. The highest BCUT2D eigenvalue weighted by Crippen LogP contribution is 2.29. The molecule has 0 saturated heterocycles. The maximum atomic E-state index is 12.2. The number of nitrogens with one attached hydrogen (secondary N) is 2. The van der Waals surface area contributed by atoms with Crippen LogP contribution in [0.15, 0.2) is 53.3 Å². The van der Waals surface area contributed by atoms with Gasteiger partial charge in [-0.1, -0.05) is 22.0 Å². The molecular weight excluding hydrogens is 410 g/mol. The number of benzene rings is 2. The highest BCUT2D eigenvalue weighted by Gasteiger charge is 2.12. The highest BCUT2D eigenvalue weighted by molar-refractivity contribution is 9.10. The monoisotopic (exact) mass is 427 g/mol. The van der Waals surface area contributed by atoms with Crippen molar-refractivity contribution >= 4 is 33.3 Å². The third-order valence-electron chi connectivity index (χ3n) is 3.94. The molecule has 0 saturated carbocycles. The lowest BCUT2D eigenvalue weighted by Gasteiger charge is -2.13. The molecule has 27 heavy (non-hydrogen) atoms. The molecule has 0 aliphatic rings. The number of nitrogens with zero attached hydrogens (tertiary/aromatic N) is 2. The van der Waals surface area contributed by atoms with E-state index in [9.17, 15) is 4.79 Å². The number of halogens is 1. The average Bonchev–Trinajstić information content (AvgIpc) is 2.66. The third kappa shape index (κ3) is 4.53. The summed E-state index contributed by atoms with van der Waals surface area (Å²) in [5.41, 5.74) is 14.3. The van der Waals surface area contributed by atoms with Gasteiger partial charge < -0.3 is 10.5 Å². The molecule has 0 atom stereocenters. The number of rotatable bonds is 5. The van der Waals surface area contributed by atoms with Gasteiger partial charge in [-0.3, -0.25) is 15.6 Å². The van der Waals surface area contributed by atoms with Gasteiger partial charge in [0, 0.05) is 10.0 Å². The number of ether oxygens (including phenoxy) is 1. The molecule has 3 rings (SSSR count). The van der Waals surface area contributed by atoms with E-state index in [2.05, 4.69) is 36.7 Å². The Bertz CT molecular complexity index is 976. The maximum Gasteiger partial charge on any atom is 0.269 e. The lowest BCUT2D eigenvalue weighted by atomic mass is 10.1. The Hall–Kier alpha value is -3.13. The smallest absolute Gasteiger partial charge is 0.269 e. The van der Waals surface area contributed by atoms with Crippen LogP contribution in [0.3, 0.4) is 0 Å². The molecule has 2 aromatic carbocycles. The minimum absolute atomic E-state index is 0.187. The molecule has 7 nitrogen and oxygen atoms in total. The number of hydrogen-bond acceptors (Lipinski definition) is 6. The van der Waals surface area contributed by atoms with Gasteiger partial charge in [0.05, 0.1) is 0 Å². The molecule has 4 N–H and O–H groups in total. The summed E-state index contributed by atoms with van der Waals surface area (Å²) in [6.07, 6.45) is 1.31. The minimum Gasteiger partial charge on any atom is -0.437 e. The SMILES string of the molecule is Cc1ccc(Oc2ncnc(NNC(=O)c3ccc(Br)cc3)c2N)cc1C. The van der Waals surface area contributed by atoms with E-state index in [1.807, 2.05) is 32.0 Å². The number of carbonyl (C=O) groups excluding carboxylic acids is 1. The number of hydrogen-bond donors (Lipinski definition) is 3. The zero-order valence-corrected chi connectivity index (χ0v) is 16.4. The van der Waals surface area contributed by atoms with Crippen molar-refractivity contribution < 1.29 is 9.53 Å². The van der Waals surface area contributed by atoms with Gasteiger partial charge in [-0.2, -0.15) is 4.98 Å². The first-order valence-electron chi connectivity index (χ1n) is 8.11. The van der Waals surface area contributed by atoms with Crippen LogP contribution < -0.4 is 21.3 Å². The van der Waals surface area contributed by atoms with E-state index in [0.29, 0.717) is 11.3 Å². The first kappa shape index (κ1) is 18.7. The molecule has 0 aliphatic carbocycles. The van der Waals surface area contributed by atoms with Crippen LogP contribution in [0.5, 0.6) is 11.6 Å². The number of anilines is 2. The Kier molecular flexibility index (Phi) is 5.56. The molecule has 138 valence electrons. The number of nitrogens with two attached hydrogens (primary N) is 1. The minimum atomic E-state index is -0.322. The summed E-state index contributed by atoms with van der Waals surface area (Å²) in [4.78, 5) is 20.3. The zero-order chi connectivity index (χ0) is 19.4. The standard InChI is InChI=1S/C19H18BrN5O2/c1-11-3-8-15(9-12(11)2)27-19-16(21)17(22-10-23-19)24-25-18(26)13-4-6-14(20)7-5-13/h3-10H,21H2,1-2H3,(H,25,26)(H,22,23,24). The van der Waals surface area contributed by atoms with Gasteiger partial charge in [-0.25, -0.2) is 4.98 Å². The lowest BCUT2D eigenvalue weighted by Crippen LogP contribution is -2.30. The Labute approximate surface area is 165 Å². The van der Waals surface area contributed by atoms with E-state index >= 15 is 0 Å². The molecule has 1 amide bonds. The van der Waals surface area contributed by atoms with Gasteiger partial charge in [0.2, 0.25) is 5.88 Å². The van der Waals surface area contributed by atoms with Crippen LogP contribution in [-0.2, 0) is 0 Å². The topological polar surface area (TPSA) is 102 Å². The van der Waals surface area contributed by atoms with Crippen LogP contribution in [0.25, 0.3) is 0 Å². The van der Waals surface area contributed by atoms with E-state index in [0.717, 1.165) is 15.6 Å². The van der Waals surface area contributed by atoms with Crippen molar-refractivity contribution in [3.05, 3.63) is 70.0 Å². The van der Waals surface area contributed by atoms with Crippen molar-refractivity contribution in [2.75, 3.05) is 11.2 Å². The number of aryl methyl sites for hydroxylation is 2. The highest BCUT2D eigenvalue weighted by atomic mass is 79.9.